The van der Waals surface area contributed by atoms with Crippen molar-refractivity contribution in [3.63, 3.8) is 0 Å². The number of aromatic nitrogens is 2. The summed E-state index contributed by atoms with van der Waals surface area (Å²) in [6, 6.07) is 8.13. The lowest BCUT2D eigenvalue weighted by atomic mass is 10.4. The number of hydrazine groups is 1. The van der Waals surface area contributed by atoms with Crippen LogP contribution in [-0.4, -0.2) is 17.1 Å². The van der Waals surface area contributed by atoms with E-state index in [9.17, 15) is 4.39 Å². The summed E-state index contributed by atoms with van der Waals surface area (Å²) in [5.41, 5.74) is 3.24. The number of thioether (sulfide) groups is 1. The molecular weight excluding hydrogens is 279 g/mol. The van der Waals surface area contributed by atoms with Crippen LogP contribution >= 0.6 is 11.8 Å². The molecule has 0 radical (unpaired) electrons. The van der Waals surface area contributed by atoms with Gasteiger partial charge in [-0.3, -0.25) is 0 Å². The Kier molecular flexibility index (Phi) is 5.28. The number of rotatable bonds is 6. The number of nitrogens with one attached hydrogen (secondary N) is 1. The lowest BCUT2D eigenvalue weighted by Gasteiger charge is -2.07. The highest BCUT2D eigenvalue weighted by molar-refractivity contribution is 7.98. The Labute approximate surface area is 120 Å². The molecule has 5 nitrogen and oxygen atoms in total. The zero-order valence-electron chi connectivity index (χ0n) is 11.0. The zero-order valence-corrected chi connectivity index (χ0v) is 11.8. The van der Waals surface area contributed by atoms with Crippen LogP contribution in [0.1, 0.15) is 11.5 Å². The van der Waals surface area contributed by atoms with Crippen molar-refractivity contribution in [2.45, 2.75) is 17.3 Å². The Morgan fingerprint density at radius 2 is 2.20 bits per heavy atom. The van der Waals surface area contributed by atoms with E-state index in [1.165, 1.54) is 23.9 Å². The molecule has 0 aliphatic rings. The molecule has 0 saturated heterocycles. The number of benzene rings is 1. The first-order valence-corrected chi connectivity index (χ1v) is 6.90. The monoisotopic (exact) mass is 294 g/mol. The lowest BCUT2D eigenvalue weighted by Crippen LogP contribution is -2.11. The van der Waals surface area contributed by atoms with E-state index < -0.39 is 0 Å². The van der Waals surface area contributed by atoms with Gasteiger partial charge in [-0.1, -0.05) is 6.07 Å². The summed E-state index contributed by atoms with van der Waals surface area (Å²) >= 11 is 1.46. The number of nitrogens with zero attached hydrogens (tertiary/aromatic N) is 2. The lowest BCUT2D eigenvalue weighted by molar-refractivity contribution is 0.181. The fourth-order valence-corrected chi connectivity index (χ4v) is 2.41. The Bertz CT molecular complexity index is 582. The summed E-state index contributed by atoms with van der Waals surface area (Å²) in [7, 11) is 1.60. The van der Waals surface area contributed by atoms with Crippen LogP contribution in [0.15, 0.2) is 35.2 Å². The van der Waals surface area contributed by atoms with E-state index in [0.29, 0.717) is 24.0 Å². The number of methoxy groups -OCH3 is 1. The van der Waals surface area contributed by atoms with Gasteiger partial charge in [-0.2, -0.15) is 0 Å². The molecule has 106 valence electrons. The van der Waals surface area contributed by atoms with Crippen LogP contribution in [0.25, 0.3) is 0 Å². The van der Waals surface area contributed by atoms with E-state index in [4.69, 9.17) is 10.6 Å². The van der Waals surface area contributed by atoms with Gasteiger partial charge in [0.2, 0.25) is 0 Å². The molecule has 1 aromatic heterocycles. The highest BCUT2D eigenvalue weighted by atomic mass is 32.2. The predicted octanol–water partition coefficient (Wildman–Crippen LogP) is 2.34. The number of nitrogen functional groups attached to an aromatic ring is 1. The van der Waals surface area contributed by atoms with Gasteiger partial charge in [0.15, 0.2) is 0 Å². The van der Waals surface area contributed by atoms with Gasteiger partial charge in [-0.15, -0.1) is 11.8 Å². The fourth-order valence-electron chi connectivity index (χ4n) is 1.62. The number of halogens is 1. The molecule has 0 aliphatic heterocycles. The normalized spacial score (nSPS) is 10.6. The van der Waals surface area contributed by atoms with Gasteiger partial charge in [-0.05, 0) is 18.2 Å². The third kappa shape index (κ3) is 4.16. The maximum atomic E-state index is 13.1. The SMILES string of the molecule is COCc1cc(NN)nc(CSc2cccc(F)c2)n1. The quantitative estimate of drug-likeness (QED) is 0.484. The Hall–Kier alpha value is -1.70. The summed E-state index contributed by atoms with van der Waals surface area (Å²) in [4.78, 5) is 9.44. The van der Waals surface area contributed by atoms with E-state index in [-0.39, 0.29) is 5.82 Å². The van der Waals surface area contributed by atoms with E-state index in [0.717, 1.165) is 10.6 Å². The smallest absolute Gasteiger partial charge is 0.144 e. The third-order valence-corrected chi connectivity index (χ3v) is 3.42. The molecule has 2 rings (SSSR count). The van der Waals surface area contributed by atoms with E-state index in [1.54, 1.807) is 19.2 Å². The molecule has 0 fully saturated rings. The van der Waals surface area contributed by atoms with Crippen LogP contribution in [0.3, 0.4) is 0 Å². The highest BCUT2D eigenvalue weighted by Gasteiger charge is 2.05. The maximum absolute atomic E-state index is 13.1. The van der Waals surface area contributed by atoms with Crippen LogP contribution in [0.5, 0.6) is 0 Å². The first-order valence-electron chi connectivity index (χ1n) is 5.92. The molecule has 20 heavy (non-hydrogen) atoms. The van der Waals surface area contributed by atoms with Crippen LogP contribution in [0, 0.1) is 5.82 Å². The number of ether oxygens (including phenoxy) is 1. The van der Waals surface area contributed by atoms with Gasteiger partial charge < -0.3 is 10.2 Å². The minimum absolute atomic E-state index is 0.256. The molecule has 0 bridgehead atoms. The molecule has 1 aromatic carbocycles. The Morgan fingerprint density at radius 1 is 1.35 bits per heavy atom. The topological polar surface area (TPSA) is 73.1 Å². The predicted molar refractivity (Wildman–Crippen MR) is 76.5 cm³/mol. The Balaban J connectivity index is 2.10. The summed E-state index contributed by atoms with van der Waals surface area (Å²) in [5.74, 6) is 6.78. The molecule has 0 aliphatic carbocycles. The number of nitrogens with two attached hydrogens (primary N) is 1. The number of anilines is 1. The number of hydrogen-bond acceptors (Lipinski definition) is 6. The summed E-state index contributed by atoms with van der Waals surface area (Å²) in [6.07, 6.45) is 0. The summed E-state index contributed by atoms with van der Waals surface area (Å²) < 4.78 is 18.1. The van der Waals surface area contributed by atoms with Crippen molar-refractivity contribution in [2.75, 3.05) is 12.5 Å². The van der Waals surface area contributed by atoms with Crippen molar-refractivity contribution >= 4 is 17.6 Å². The molecule has 0 amide bonds. The van der Waals surface area contributed by atoms with E-state index in [1.807, 2.05) is 6.07 Å². The third-order valence-electron chi connectivity index (χ3n) is 2.43. The molecule has 0 spiro atoms. The van der Waals surface area contributed by atoms with E-state index >= 15 is 0 Å². The molecule has 2 aromatic rings. The largest absolute Gasteiger partial charge is 0.378 e. The number of hydrogen-bond donors (Lipinski definition) is 2. The molecule has 0 saturated carbocycles. The van der Waals surface area contributed by atoms with Crippen LogP contribution in [-0.2, 0) is 17.1 Å². The van der Waals surface area contributed by atoms with Gasteiger partial charge in [0.1, 0.15) is 17.5 Å². The molecule has 0 unspecified atom stereocenters. The minimum atomic E-state index is -0.256. The van der Waals surface area contributed by atoms with E-state index in [2.05, 4.69) is 15.4 Å². The van der Waals surface area contributed by atoms with Gasteiger partial charge in [0, 0.05) is 18.1 Å². The fraction of sp³-hybridized carbons (Fsp3) is 0.231. The zero-order chi connectivity index (χ0) is 14.4. The maximum Gasteiger partial charge on any atom is 0.144 e. The standard InChI is InChI=1S/C13H15FN4OS/c1-19-7-10-6-12(18-15)17-13(16-10)8-20-11-4-2-3-9(14)5-11/h2-6H,7-8,15H2,1H3,(H,16,17,18). The second-order valence-electron chi connectivity index (χ2n) is 3.98. The van der Waals surface area contributed by atoms with Crippen molar-refractivity contribution in [3.05, 3.63) is 47.7 Å². The van der Waals surface area contributed by atoms with Crippen LogP contribution in [0.2, 0.25) is 0 Å². The minimum Gasteiger partial charge on any atom is -0.378 e. The second kappa shape index (κ2) is 7.18. The van der Waals surface area contributed by atoms with Gasteiger partial charge in [0.05, 0.1) is 18.1 Å². The second-order valence-corrected chi connectivity index (χ2v) is 5.03. The average Bonchev–Trinajstić information content (AvgIpc) is 2.45. The molecular formula is C13H15FN4OS. The van der Waals surface area contributed by atoms with Crippen molar-refractivity contribution in [1.82, 2.24) is 9.97 Å². The van der Waals surface area contributed by atoms with Crippen molar-refractivity contribution in [3.8, 4) is 0 Å². The first-order chi connectivity index (χ1) is 9.71. The summed E-state index contributed by atoms with van der Waals surface area (Å²) in [6.45, 7) is 0.384. The van der Waals surface area contributed by atoms with Gasteiger partial charge in [0.25, 0.3) is 0 Å². The van der Waals surface area contributed by atoms with Crippen LogP contribution in [0.4, 0.5) is 10.2 Å². The molecule has 1 heterocycles. The van der Waals surface area contributed by atoms with Crippen molar-refractivity contribution in [1.29, 1.82) is 0 Å². The van der Waals surface area contributed by atoms with Gasteiger partial charge >= 0.3 is 0 Å². The molecule has 0 atom stereocenters. The average molecular weight is 294 g/mol. The first kappa shape index (κ1) is 14.7. The molecule has 7 heteroatoms. The summed E-state index contributed by atoms with van der Waals surface area (Å²) in [5, 5.41) is 0. The highest BCUT2D eigenvalue weighted by Crippen LogP contribution is 2.22. The van der Waals surface area contributed by atoms with Crippen LogP contribution < -0.4 is 11.3 Å². The van der Waals surface area contributed by atoms with Gasteiger partial charge in [-0.25, -0.2) is 20.2 Å². The van der Waals surface area contributed by atoms with Crippen molar-refractivity contribution in [2.24, 2.45) is 5.84 Å². The molecule has 3 N–H and O–H groups in total. The van der Waals surface area contributed by atoms with Crippen molar-refractivity contribution < 1.29 is 9.13 Å². The Morgan fingerprint density at radius 3 is 2.90 bits per heavy atom.